The number of amides is 1. The number of piperidine rings is 2. The SMILES string of the molecule is COC1CCN(c2ccc3cc(-c4nn5cc(C(=O)N6CCC[C@@H](N)C6)cc(Cl)c5c4C)n(CC4CC4)c3n2)CC1. The van der Waals surface area contributed by atoms with Gasteiger partial charge in [0.05, 0.1) is 27.9 Å². The highest BCUT2D eigenvalue weighted by Crippen LogP contribution is 2.38. The number of aromatic nitrogens is 4. The van der Waals surface area contributed by atoms with Crippen molar-refractivity contribution in [3.05, 3.63) is 46.6 Å². The fraction of sp³-hybridized carbons (Fsp3) is 0.516. The molecule has 1 atom stereocenters. The maximum absolute atomic E-state index is 13.3. The summed E-state index contributed by atoms with van der Waals surface area (Å²) in [7, 11) is 1.80. The van der Waals surface area contributed by atoms with Crippen molar-refractivity contribution >= 4 is 39.9 Å². The molecule has 1 aliphatic carbocycles. The van der Waals surface area contributed by atoms with Crippen LogP contribution >= 0.6 is 11.6 Å². The van der Waals surface area contributed by atoms with Crippen molar-refractivity contribution < 1.29 is 9.53 Å². The number of likely N-dealkylation sites (tertiary alicyclic amines) is 1. The number of nitrogens with zero attached hydrogens (tertiary/aromatic N) is 6. The van der Waals surface area contributed by atoms with Gasteiger partial charge in [-0.25, -0.2) is 9.50 Å². The van der Waals surface area contributed by atoms with E-state index in [2.05, 4.69) is 34.6 Å². The quantitative estimate of drug-likeness (QED) is 0.351. The van der Waals surface area contributed by atoms with Crippen molar-refractivity contribution in [1.82, 2.24) is 24.1 Å². The fourth-order valence-corrected chi connectivity index (χ4v) is 6.91. The van der Waals surface area contributed by atoms with Crippen LogP contribution in [0.1, 0.15) is 54.4 Å². The summed E-state index contributed by atoms with van der Waals surface area (Å²) >= 11 is 6.83. The van der Waals surface area contributed by atoms with Crippen LogP contribution in [0, 0.1) is 12.8 Å². The number of methoxy groups -OCH3 is 1. The van der Waals surface area contributed by atoms with E-state index in [4.69, 9.17) is 32.2 Å². The van der Waals surface area contributed by atoms with Gasteiger partial charge >= 0.3 is 0 Å². The second-order valence-corrected chi connectivity index (χ2v) is 12.5. The summed E-state index contributed by atoms with van der Waals surface area (Å²) in [5, 5.41) is 6.66. The topological polar surface area (TPSA) is 93.9 Å². The van der Waals surface area contributed by atoms with Crippen LogP contribution in [0.5, 0.6) is 0 Å². The summed E-state index contributed by atoms with van der Waals surface area (Å²) in [5.41, 5.74) is 11.4. The van der Waals surface area contributed by atoms with E-state index in [0.717, 1.165) is 84.6 Å². The lowest BCUT2D eigenvalue weighted by Crippen LogP contribution is -2.45. The summed E-state index contributed by atoms with van der Waals surface area (Å²) in [6, 6.07) is 8.32. The molecular weight excluding hydrogens is 538 g/mol. The van der Waals surface area contributed by atoms with Gasteiger partial charge in [-0.05, 0) is 75.6 Å². The minimum Gasteiger partial charge on any atom is -0.381 e. The van der Waals surface area contributed by atoms with Crippen LogP contribution in [0.3, 0.4) is 0 Å². The van der Waals surface area contributed by atoms with E-state index >= 15 is 0 Å². The zero-order chi connectivity index (χ0) is 28.2. The Kier molecular flexibility index (Phi) is 6.92. The number of nitrogens with two attached hydrogens (primary N) is 1. The van der Waals surface area contributed by atoms with Crippen molar-refractivity contribution in [2.24, 2.45) is 11.7 Å². The van der Waals surface area contributed by atoms with Crippen molar-refractivity contribution in [1.29, 1.82) is 0 Å². The molecule has 10 heteroatoms. The molecule has 1 amide bonds. The number of halogens is 1. The normalized spacial score (nSPS) is 20.4. The molecule has 4 aromatic rings. The van der Waals surface area contributed by atoms with Gasteiger partial charge in [-0.2, -0.15) is 5.10 Å². The maximum atomic E-state index is 13.3. The first kappa shape index (κ1) is 26.7. The Bertz CT molecular complexity index is 1620. The van der Waals surface area contributed by atoms with Gasteiger partial charge in [-0.1, -0.05) is 11.6 Å². The van der Waals surface area contributed by atoms with Crippen LogP contribution < -0.4 is 10.6 Å². The average Bonchev–Trinajstić information content (AvgIpc) is 3.65. The first-order chi connectivity index (χ1) is 19.9. The largest absolute Gasteiger partial charge is 0.381 e. The van der Waals surface area contributed by atoms with Crippen molar-refractivity contribution in [3.63, 3.8) is 0 Å². The molecular formula is C31H38ClN7O2. The van der Waals surface area contributed by atoms with Gasteiger partial charge in [0.2, 0.25) is 0 Å². The van der Waals surface area contributed by atoms with Gasteiger partial charge < -0.3 is 24.8 Å². The third-order valence-electron chi connectivity index (χ3n) is 9.12. The Morgan fingerprint density at radius 2 is 1.93 bits per heavy atom. The molecule has 2 aliphatic heterocycles. The molecule has 6 heterocycles. The van der Waals surface area contributed by atoms with E-state index in [1.165, 1.54) is 12.8 Å². The molecule has 1 saturated carbocycles. The first-order valence-electron chi connectivity index (χ1n) is 14.9. The number of fused-ring (bicyclic) bond motifs is 2. The highest BCUT2D eigenvalue weighted by atomic mass is 35.5. The van der Waals surface area contributed by atoms with Crippen LogP contribution in [-0.2, 0) is 11.3 Å². The van der Waals surface area contributed by atoms with Crippen LogP contribution in [0.4, 0.5) is 5.82 Å². The van der Waals surface area contributed by atoms with Crippen LogP contribution in [0.15, 0.2) is 30.5 Å². The third kappa shape index (κ3) is 4.98. The van der Waals surface area contributed by atoms with E-state index in [0.29, 0.717) is 35.7 Å². The number of aryl methyl sites for hydroxylation is 1. The molecule has 0 unspecified atom stereocenters. The number of hydrogen-bond donors (Lipinski definition) is 1. The predicted molar refractivity (Wildman–Crippen MR) is 162 cm³/mol. The molecule has 0 spiro atoms. The molecule has 4 aromatic heterocycles. The van der Waals surface area contributed by atoms with Gasteiger partial charge in [0, 0.05) is 63.0 Å². The molecule has 2 N–H and O–H groups in total. The fourth-order valence-electron chi connectivity index (χ4n) is 6.56. The molecule has 9 nitrogen and oxygen atoms in total. The monoisotopic (exact) mass is 575 g/mol. The standard InChI is InChI=1S/C31H38ClN7O2/c1-19-28(35-39-17-22(14-25(32)29(19)39)31(40)37-11-3-4-23(33)18-37)26-15-21-7-8-27(36-12-9-24(41-2)10-13-36)34-30(21)38(26)16-20-5-6-20/h7-8,14-15,17,20,23-24H,3-6,9-13,16,18,33H2,1-2H3/t23-/m1/s1. The molecule has 0 radical (unpaired) electrons. The molecule has 3 aliphatic rings. The van der Waals surface area contributed by atoms with Crippen LogP contribution in [0.25, 0.3) is 27.9 Å². The van der Waals surface area contributed by atoms with Gasteiger partial charge in [-0.3, -0.25) is 4.79 Å². The Balaban J connectivity index is 1.28. The van der Waals surface area contributed by atoms with Crippen molar-refractivity contribution in [2.75, 3.05) is 38.2 Å². The molecule has 0 bridgehead atoms. The minimum absolute atomic E-state index is 0.0187. The first-order valence-corrected chi connectivity index (χ1v) is 15.3. The Labute approximate surface area is 245 Å². The molecule has 7 rings (SSSR count). The number of ether oxygens (including phenoxy) is 1. The van der Waals surface area contributed by atoms with Crippen molar-refractivity contribution in [3.8, 4) is 11.4 Å². The Morgan fingerprint density at radius 3 is 2.66 bits per heavy atom. The van der Waals surface area contributed by atoms with Gasteiger partial charge in [0.25, 0.3) is 5.91 Å². The average molecular weight is 576 g/mol. The highest BCUT2D eigenvalue weighted by molar-refractivity contribution is 6.34. The van der Waals surface area contributed by atoms with E-state index < -0.39 is 0 Å². The minimum atomic E-state index is -0.0484. The lowest BCUT2D eigenvalue weighted by atomic mass is 10.1. The van der Waals surface area contributed by atoms with Crippen LogP contribution in [0.2, 0.25) is 5.02 Å². The number of carbonyl (C=O) groups excluding carboxylic acids is 1. The second-order valence-electron chi connectivity index (χ2n) is 12.1. The molecule has 2 saturated heterocycles. The summed E-state index contributed by atoms with van der Waals surface area (Å²) < 4.78 is 9.70. The Hall–Kier alpha value is -3.14. The second kappa shape index (κ2) is 10.6. The van der Waals surface area contributed by atoms with Crippen molar-refractivity contribution in [2.45, 2.75) is 64.1 Å². The van der Waals surface area contributed by atoms with Gasteiger partial charge in [-0.15, -0.1) is 0 Å². The lowest BCUT2D eigenvalue weighted by molar-refractivity contribution is 0.0708. The summed E-state index contributed by atoms with van der Waals surface area (Å²) in [5.74, 6) is 1.63. The van der Waals surface area contributed by atoms with E-state index in [1.807, 2.05) is 11.1 Å². The summed E-state index contributed by atoms with van der Waals surface area (Å²) in [4.78, 5) is 22.7. The number of carbonyl (C=O) groups is 1. The predicted octanol–water partition coefficient (Wildman–Crippen LogP) is 4.90. The smallest absolute Gasteiger partial charge is 0.255 e. The van der Waals surface area contributed by atoms with E-state index in [-0.39, 0.29) is 11.9 Å². The number of pyridine rings is 2. The highest BCUT2D eigenvalue weighted by Gasteiger charge is 2.28. The summed E-state index contributed by atoms with van der Waals surface area (Å²) in [6.45, 7) is 6.15. The van der Waals surface area contributed by atoms with E-state index in [9.17, 15) is 4.79 Å². The van der Waals surface area contributed by atoms with Gasteiger partial charge in [0.15, 0.2) is 0 Å². The zero-order valence-corrected chi connectivity index (χ0v) is 24.6. The van der Waals surface area contributed by atoms with Crippen LogP contribution in [-0.4, -0.2) is 75.4 Å². The molecule has 41 heavy (non-hydrogen) atoms. The summed E-state index contributed by atoms with van der Waals surface area (Å²) in [6.07, 6.45) is 8.52. The third-order valence-corrected chi connectivity index (χ3v) is 9.41. The van der Waals surface area contributed by atoms with E-state index in [1.54, 1.807) is 17.7 Å². The lowest BCUT2D eigenvalue weighted by Gasteiger charge is -2.32. The number of hydrogen-bond acceptors (Lipinski definition) is 6. The maximum Gasteiger partial charge on any atom is 0.255 e. The molecule has 3 fully saturated rings. The Morgan fingerprint density at radius 1 is 1.12 bits per heavy atom. The molecule has 216 valence electrons. The molecule has 0 aromatic carbocycles. The number of anilines is 1. The zero-order valence-electron chi connectivity index (χ0n) is 23.9. The number of rotatable bonds is 6. The van der Waals surface area contributed by atoms with Gasteiger partial charge in [0.1, 0.15) is 17.2 Å².